The Hall–Kier alpha value is -2.58. The van der Waals surface area contributed by atoms with E-state index in [0.29, 0.717) is 36.0 Å². The number of aliphatic imine (C=N–C) groups is 1. The number of fused-ring (bicyclic) bond motifs is 2. The molecule has 0 unspecified atom stereocenters. The second-order valence-corrected chi connectivity index (χ2v) is 11.7. The maximum atomic E-state index is 13.8. The number of thioether (sulfide) groups is 1. The predicted octanol–water partition coefficient (Wildman–Crippen LogP) is 5.16. The number of ether oxygens (including phenoxy) is 1. The average Bonchev–Trinajstić information content (AvgIpc) is 3.10. The van der Waals surface area contributed by atoms with E-state index in [1.165, 1.54) is 11.8 Å². The number of nitrogens with zero attached hydrogens (tertiary/aromatic N) is 3. The summed E-state index contributed by atoms with van der Waals surface area (Å²) in [5.74, 6) is 0.965. The van der Waals surface area contributed by atoms with Gasteiger partial charge in [-0.3, -0.25) is 19.4 Å². The van der Waals surface area contributed by atoms with Gasteiger partial charge in [-0.05, 0) is 57.0 Å². The van der Waals surface area contributed by atoms with Gasteiger partial charge in [0.05, 0.1) is 33.0 Å². The third kappa shape index (κ3) is 4.07. The first-order valence-electron chi connectivity index (χ1n) is 12.0. The molecule has 2 aliphatic heterocycles. The number of para-hydroxylation sites is 1. The van der Waals surface area contributed by atoms with Crippen molar-refractivity contribution in [2.75, 3.05) is 6.61 Å². The zero-order valence-corrected chi connectivity index (χ0v) is 21.2. The number of aromatic nitrogens is 3. The summed E-state index contributed by atoms with van der Waals surface area (Å²) in [5, 5.41) is 4.51. The summed E-state index contributed by atoms with van der Waals surface area (Å²) in [6, 6.07) is 10.0. The quantitative estimate of drug-likeness (QED) is 0.559. The first kappa shape index (κ1) is 23.2. The Morgan fingerprint density at radius 3 is 2.76 bits per heavy atom. The van der Waals surface area contributed by atoms with Gasteiger partial charge in [0.2, 0.25) is 0 Å². The standard InChI is InChI=1S/C26H32N4O3S/c1-15(2)14-29-20-9-7-6-8-17(20)12-19(25(29)32)22-21-23(27-16(3)34-22)30(28-24(21)31)18-10-11-33-26(4,5)13-18/h6-9,12,15,18,22H,10-11,13-14H2,1-5H3,(H,28,31)/t18-,22+/m0/s1. The number of nitrogens with one attached hydrogen (secondary N) is 1. The number of hydrogen-bond acceptors (Lipinski definition) is 5. The SMILES string of the molecule is CC1=Nc2c(c(=O)[nH]n2[C@H]2CCOC(C)(C)C2)[C@@H](c2cc3ccccc3n(CC(C)C)c2=O)S1. The highest BCUT2D eigenvalue weighted by Gasteiger charge is 2.37. The lowest BCUT2D eigenvalue weighted by atomic mass is 9.94. The topological polar surface area (TPSA) is 81.4 Å². The molecule has 7 nitrogen and oxygen atoms in total. The van der Waals surface area contributed by atoms with Crippen molar-refractivity contribution in [2.45, 2.75) is 70.9 Å². The van der Waals surface area contributed by atoms with Crippen LogP contribution in [-0.2, 0) is 11.3 Å². The lowest BCUT2D eigenvalue weighted by molar-refractivity contribution is -0.0705. The number of rotatable bonds is 4. The van der Waals surface area contributed by atoms with E-state index >= 15 is 0 Å². The molecule has 1 saturated heterocycles. The van der Waals surface area contributed by atoms with E-state index in [1.54, 1.807) is 0 Å². The minimum absolute atomic E-state index is 0.0371. The molecule has 180 valence electrons. The van der Waals surface area contributed by atoms with Gasteiger partial charge < -0.3 is 9.30 Å². The van der Waals surface area contributed by atoms with Gasteiger partial charge in [0, 0.05) is 18.7 Å². The zero-order chi connectivity index (χ0) is 24.2. The lowest BCUT2D eigenvalue weighted by Gasteiger charge is -2.36. The molecule has 8 heteroatoms. The number of hydrogen-bond donors (Lipinski definition) is 1. The average molecular weight is 481 g/mol. The van der Waals surface area contributed by atoms with Crippen molar-refractivity contribution in [2.24, 2.45) is 10.9 Å². The third-order valence-corrected chi connectivity index (χ3v) is 7.80. The number of H-pyrrole nitrogens is 1. The van der Waals surface area contributed by atoms with Gasteiger partial charge in [0.15, 0.2) is 5.82 Å². The van der Waals surface area contributed by atoms with E-state index in [9.17, 15) is 9.59 Å². The van der Waals surface area contributed by atoms with Crippen molar-refractivity contribution in [1.29, 1.82) is 0 Å². The summed E-state index contributed by atoms with van der Waals surface area (Å²) in [6.07, 6.45) is 1.59. The van der Waals surface area contributed by atoms with Crippen LogP contribution >= 0.6 is 11.8 Å². The lowest BCUT2D eigenvalue weighted by Crippen LogP contribution is -2.35. The molecule has 0 radical (unpaired) electrons. The van der Waals surface area contributed by atoms with E-state index in [1.807, 2.05) is 46.5 Å². The smallest absolute Gasteiger partial charge is 0.271 e. The van der Waals surface area contributed by atoms with Crippen LogP contribution in [0.15, 0.2) is 44.9 Å². The van der Waals surface area contributed by atoms with Gasteiger partial charge in [-0.1, -0.05) is 43.8 Å². The van der Waals surface area contributed by atoms with Crippen LogP contribution < -0.4 is 11.1 Å². The molecule has 0 spiro atoms. The summed E-state index contributed by atoms with van der Waals surface area (Å²) in [7, 11) is 0. The van der Waals surface area contributed by atoms with Crippen molar-refractivity contribution in [3.05, 3.63) is 62.2 Å². The van der Waals surface area contributed by atoms with E-state index < -0.39 is 5.25 Å². The summed E-state index contributed by atoms with van der Waals surface area (Å²) in [4.78, 5) is 31.9. The van der Waals surface area contributed by atoms with E-state index in [4.69, 9.17) is 9.73 Å². The molecule has 0 amide bonds. The summed E-state index contributed by atoms with van der Waals surface area (Å²) < 4.78 is 9.68. The van der Waals surface area contributed by atoms with Crippen LogP contribution in [0.3, 0.4) is 0 Å². The van der Waals surface area contributed by atoms with Gasteiger partial charge in [-0.2, -0.15) is 0 Å². The van der Waals surface area contributed by atoms with Crippen molar-refractivity contribution in [3.63, 3.8) is 0 Å². The Balaban J connectivity index is 1.68. The van der Waals surface area contributed by atoms with Crippen molar-refractivity contribution >= 4 is 33.5 Å². The maximum absolute atomic E-state index is 13.8. The molecule has 34 heavy (non-hydrogen) atoms. The molecule has 5 rings (SSSR count). The van der Waals surface area contributed by atoms with Crippen LogP contribution in [0, 0.1) is 5.92 Å². The van der Waals surface area contributed by atoms with Crippen LogP contribution in [0.4, 0.5) is 5.82 Å². The molecule has 2 aliphatic rings. The Morgan fingerprint density at radius 1 is 1.26 bits per heavy atom. The predicted molar refractivity (Wildman–Crippen MR) is 139 cm³/mol. The highest BCUT2D eigenvalue weighted by atomic mass is 32.2. The van der Waals surface area contributed by atoms with E-state index in [0.717, 1.165) is 28.8 Å². The third-order valence-electron chi connectivity index (χ3n) is 6.65. The molecular weight excluding hydrogens is 448 g/mol. The van der Waals surface area contributed by atoms with Crippen LogP contribution in [0.5, 0.6) is 0 Å². The molecule has 0 aliphatic carbocycles. The van der Waals surface area contributed by atoms with Crippen LogP contribution in [0.25, 0.3) is 10.9 Å². The summed E-state index contributed by atoms with van der Waals surface area (Å²) in [5.41, 5.74) is 1.66. The molecule has 0 bridgehead atoms. The molecule has 3 aromatic rings. The van der Waals surface area contributed by atoms with Gasteiger partial charge >= 0.3 is 0 Å². The molecule has 1 N–H and O–H groups in total. The summed E-state index contributed by atoms with van der Waals surface area (Å²) in [6.45, 7) is 11.6. The first-order valence-corrected chi connectivity index (χ1v) is 12.9. The zero-order valence-electron chi connectivity index (χ0n) is 20.4. The number of aromatic amines is 1. The van der Waals surface area contributed by atoms with E-state index in [2.05, 4.69) is 32.8 Å². The second kappa shape index (κ2) is 8.57. The minimum atomic E-state index is -0.402. The monoisotopic (exact) mass is 480 g/mol. The Bertz CT molecular complexity index is 1400. The normalized spacial score (nSPS) is 22.1. The number of pyridine rings is 1. The minimum Gasteiger partial charge on any atom is -0.375 e. The maximum Gasteiger partial charge on any atom is 0.271 e. The fourth-order valence-corrected chi connectivity index (χ4v) is 6.30. The second-order valence-electron chi connectivity index (χ2n) is 10.4. The molecule has 2 aromatic heterocycles. The van der Waals surface area contributed by atoms with Crippen LogP contribution in [0.1, 0.15) is 69.9 Å². The molecule has 0 saturated carbocycles. The van der Waals surface area contributed by atoms with Gasteiger partial charge in [-0.25, -0.2) is 4.99 Å². The highest BCUT2D eigenvalue weighted by molar-refractivity contribution is 8.14. The van der Waals surface area contributed by atoms with Gasteiger partial charge in [0.25, 0.3) is 11.1 Å². The van der Waals surface area contributed by atoms with Crippen molar-refractivity contribution in [3.8, 4) is 0 Å². The molecule has 4 heterocycles. The largest absolute Gasteiger partial charge is 0.375 e. The fourth-order valence-electron chi connectivity index (χ4n) is 5.20. The van der Waals surface area contributed by atoms with Crippen LogP contribution in [-0.4, -0.2) is 31.6 Å². The Morgan fingerprint density at radius 2 is 2.03 bits per heavy atom. The van der Waals surface area contributed by atoms with Gasteiger partial charge in [-0.15, -0.1) is 0 Å². The van der Waals surface area contributed by atoms with Gasteiger partial charge in [0.1, 0.15) is 0 Å². The molecule has 1 fully saturated rings. The van der Waals surface area contributed by atoms with Crippen molar-refractivity contribution in [1.82, 2.24) is 14.3 Å². The fraction of sp³-hybridized carbons (Fsp3) is 0.500. The molecule has 1 aromatic carbocycles. The Labute approximate surface area is 203 Å². The Kier molecular flexibility index (Phi) is 5.84. The molecular formula is C26H32N4O3S. The van der Waals surface area contributed by atoms with Crippen molar-refractivity contribution < 1.29 is 4.74 Å². The summed E-state index contributed by atoms with van der Waals surface area (Å²) >= 11 is 1.49. The first-order chi connectivity index (χ1) is 16.1. The highest BCUT2D eigenvalue weighted by Crippen LogP contribution is 2.45. The van der Waals surface area contributed by atoms with Crippen LogP contribution in [0.2, 0.25) is 0 Å². The molecule has 2 atom stereocenters. The number of benzene rings is 1. The van der Waals surface area contributed by atoms with E-state index in [-0.39, 0.29) is 22.8 Å².